The Bertz CT molecular complexity index is 1270. The molecule has 7 heteroatoms. The van der Waals surface area contributed by atoms with Crippen LogP contribution in [0.5, 0.6) is 5.75 Å². The summed E-state index contributed by atoms with van der Waals surface area (Å²) < 4.78 is 11.4. The smallest absolute Gasteiger partial charge is 0.267 e. The molecule has 1 amide bonds. The molecule has 1 atom stereocenters. The van der Waals surface area contributed by atoms with Crippen LogP contribution in [0.2, 0.25) is 0 Å². The molecular weight excluding hydrogens is 422 g/mol. The molecule has 1 aliphatic rings. The van der Waals surface area contributed by atoms with Gasteiger partial charge in [0, 0.05) is 21.9 Å². The first-order chi connectivity index (χ1) is 15.6. The third-order valence-electron chi connectivity index (χ3n) is 5.25. The van der Waals surface area contributed by atoms with E-state index in [1.807, 2.05) is 86.6 Å². The molecule has 0 aliphatic carbocycles. The summed E-state index contributed by atoms with van der Waals surface area (Å²) in [6.07, 6.45) is -0.381. The van der Waals surface area contributed by atoms with E-state index in [2.05, 4.69) is 10.1 Å². The van der Waals surface area contributed by atoms with Crippen LogP contribution in [-0.2, 0) is 0 Å². The molecule has 0 spiro atoms. The van der Waals surface area contributed by atoms with E-state index in [1.165, 1.54) is 0 Å². The Kier molecular flexibility index (Phi) is 5.41. The van der Waals surface area contributed by atoms with E-state index < -0.39 is 0 Å². The highest BCUT2D eigenvalue weighted by molar-refractivity contribution is 7.99. The summed E-state index contributed by atoms with van der Waals surface area (Å²) in [6.45, 7) is 4.44. The first-order valence-electron chi connectivity index (χ1n) is 10.4. The van der Waals surface area contributed by atoms with Crippen molar-refractivity contribution in [2.75, 3.05) is 11.4 Å². The van der Waals surface area contributed by atoms with E-state index in [0.717, 1.165) is 26.8 Å². The van der Waals surface area contributed by atoms with Crippen LogP contribution in [0.25, 0.3) is 11.4 Å². The number of benzene rings is 3. The van der Waals surface area contributed by atoms with Crippen molar-refractivity contribution in [1.82, 2.24) is 10.1 Å². The highest BCUT2D eigenvalue weighted by Gasteiger charge is 2.27. The van der Waals surface area contributed by atoms with Gasteiger partial charge >= 0.3 is 0 Å². The summed E-state index contributed by atoms with van der Waals surface area (Å²) >= 11 is 1.58. The van der Waals surface area contributed by atoms with Gasteiger partial charge in [0.1, 0.15) is 5.75 Å². The van der Waals surface area contributed by atoms with Gasteiger partial charge in [0.05, 0.1) is 11.3 Å². The molecule has 0 fully saturated rings. The maximum atomic E-state index is 13.1. The molecule has 0 unspecified atom stereocenters. The van der Waals surface area contributed by atoms with Gasteiger partial charge in [-0.15, -0.1) is 0 Å². The molecule has 0 saturated carbocycles. The highest BCUT2D eigenvalue weighted by atomic mass is 32.2. The second-order valence-electron chi connectivity index (χ2n) is 7.36. The molecule has 5 rings (SSSR count). The Hall–Kier alpha value is -3.58. The van der Waals surface area contributed by atoms with Crippen LogP contribution in [0.4, 0.5) is 5.69 Å². The molecule has 6 nitrogen and oxygen atoms in total. The fraction of sp³-hybridized carbons (Fsp3) is 0.160. The zero-order valence-electron chi connectivity index (χ0n) is 17.7. The summed E-state index contributed by atoms with van der Waals surface area (Å²) in [7, 11) is 0. The topological polar surface area (TPSA) is 68.5 Å². The predicted molar refractivity (Wildman–Crippen MR) is 123 cm³/mol. The van der Waals surface area contributed by atoms with Crippen LogP contribution >= 0.6 is 11.8 Å². The van der Waals surface area contributed by atoms with Gasteiger partial charge < -0.3 is 14.2 Å². The molecule has 3 aromatic carbocycles. The van der Waals surface area contributed by atoms with Gasteiger partial charge in [-0.05, 0) is 56.3 Å². The molecule has 1 aromatic heterocycles. The SMILES string of the molecule is CCN1C(=O)c2ccccc2Sc2cc(-c3noc([C@H](C)Oc4ccccc4)n3)ccc21. The standard InChI is InChI=1S/C25H21N3O3S/c1-3-28-20-14-13-17(15-22(20)32-21-12-8-7-11-19(21)25(28)29)23-26-24(31-27-23)16(2)30-18-9-5-4-6-10-18/h4-16H,3H2,1-2H3/t16-/m0/s1. The lowest BCUT2D eigenvalue weighted by molar-refractivity contribution is 0.0985. The van der Waals surface area contributed by atoms with Crippen molar-refractivity contribution >= 4 is 23.4 Å². The number of para-hydroxylation sites is 1. The van der Waals surface area contributed by atoms with E-state index in [-0.39, 0.29) is 12.0 Å². The molecule has 32 heavy (non-hydrogen) atoms. The van der Waals surface area contributed by atoms with Crippen molar-refractivity contribution in [3.8, 4) is 17.1 Å². The van der Waals surface area contributed by atoms with Crippen LogP contribution in [0.1, 0.15) is 36.2 Å². The summed E-state index contributed by atoms with van der Waals surface area (Å²) in [5, 5.41) is 4.16. The van der Waals surface area contributed by atoms with Gasteiger partial charge in [-0.3, -0.25) is 4.79 Å². The lowest BCUT2D eigenvalue weighted by atomic mass is 10.1. The van der Waals surface area contributed by atoms with Crippen LogP contribution in [0, 0.1) is 0 Å². The maximum Gasteiger partial charge on any atom is 0.267 e. The third kappa shape index (κ3) is 3.76. The normalized spacial score (nSPS) is 13.8. The average Bonchev–Trinajstić information content (AvgIpc) is 3.28. The first-order valence-corrected chi connectivity index (χ1v) is 11.2. The Balaban J connectivity index is 1.46. The van der Waals surface area contributed by atoms with Crippen molar-refractivity contribution in [1.29, 1.82) is 0 Å². The number of carbonyl (C=O) groups is 1. The fourth-order valence-electron chi connectivity index (χ4n) is 3.65. The van der Waals surface area contributed by atoms with Crippen LogP contribution in [-0.4, -0.2) is 22.6 Å². The Morgan fingerprint density at radius 3 is 2.62 bits per heavy atom. The van der Waals surface area contributed by atoms with Crippen molar-refractivity contribution in [2.24, 2.45) is 0 Å². The van der Waals surface area contributed by atoms with Crippen LogP contribution in [0.3, 0.4) is 0 Å². The molecule has 0 bridgehead atoms. The number of aromatic nitrogens is 2. The summed E-state index contributed by atoms with van der Waals surface area (Å²) in [5.74, 6) is 1.64. The number of hydrogen-bond donors (Lipinski definition) is 0. The minimum Gasteiger partial charge on any atom is -0.481 e. The number of rotatable bonds is 5. The lowest BCUT2D eigenvalue weighted by Gasteiger charge is -2.21. The van der Waals surface area contributed by atoms with Gasteiger partial charge in [-0.1, -0.05) is 47.3 Å². The van der Waals surface area contributed by atoms with E-state index in [4.69, 9.17) is 9.26 Å². The molecule has 0 radical (unpaired) electrons. The number of hydrogen-bond acceptors (Lipinski definition) is 6. The van der Waals surface area contributed by atoms with Crippen molar-refractivity contribution < 1.29 is 14.1 Å². The highest BCUT2D eigenvalue weighted by Crippen LogP contribution is 2.42. The quantitative estimate of drug-likeness (QED) is 0.376. The fourth-order valence-corrected chi connectivity index (χ4v) is 4.77. The number of amides is 1. The molecule has 160 valence electrons. The largest absolute Gasteiger partial charge is 0.481 e. The van der Waals surface area contributed by atoms with E-state index in [9.17, 15) is 4.79 Å². The van der Waals surface area contributed by atoms with E-state index >= 15 is 0 Å². The second kappa shape index (κ2) is 8.51. The number of fused-ring (bicyclic) bond motifs is 2. The minimum absolute atomic E-state index is 0.0100. The number of ether oxygens (including phenoxy) is 1. The summed E-state index contributed by atoms with van der Waals surface area (Å²) in [6, 6.07) is 23.1. The Labute approximate surface area is 190 Å². The number of nitrogens with zero attached hydrogens (tertiary/aromatic N) is 3. The molecule has 4 aromatic rings. The zero-order valence-corrected chi connectivity index (χ0v) is 18.5. The van der Waals surface area contributed by atoms with Crippen LogP contribution in [0.15, 0.2) is 87.1 Å². The van der Waals surface area contributed by atoms with Gasteiger partial charge in [-0.2, -0.15) is 4.98 Å². The predicted octanol–water partition coefficient (Wildman–Crippen LogP) is 6.01. The van der Waals surface area contributed by atoms with E-state index in [1.54, 1.807) is 16.7 Å². The molecule has 0 N–H and O–H groups in total. The summed E-state index contributed by atoms with van der Waals surface area (Å²) in [4.78, 5) is 21.3. The lowest BCUT2D eigenvalue weighted by Crippen LogP contribution is -2.30. The minimum atomic E-state index is -0.381. The van der Waals surface area contributed by atoms with Gasteiger partial charge in [0.15, 0.2) is 6.10 Å². The zero-order chi connectivity index (χ0) is 22.1. The van der Waals surface area contributed by atoms with Crippen molar-refractivity contribution in [3.63, 3.8) is 0 Å². The van der Waals surface area contributed by atoms with Gasteiger partial charge in [-0.25, -0.2) is 0 Å². The number of anilines is 1. The van der Waals surface area contributed by atoms with Gasteiger partial charge in [0.25, 0.3) is 11.8 Å². The molecule has 0 saturated heterocycles. The van der Waals surface area contributed by atoms with Gasteiger partial charge in [0.2, 0.25) is 5.82 Å². The van der Waals surface area contributed by atoms with E-state index in [0.29, 0.717) is 23.8 Å². The molecule has 2 heterocycles. The van der Waals surface area contributed by atoms with Crippen LogP contribution < -0.4 is 9.64 Å². The molecular formula is C25H21N3O3S. The molecule has 1 aliphatic heterocycles. The average molecular weight is 444 g/mol. The Morgan fingerprint density at radius 2 is 1.81 bits per heavy atom. The Morgan fingerprint density at radius 1 is 1.03 bits per heavy atom. The van der Waals surface area contributed by atoms with Crippen molar-refractivity contribution in [2.45, 2.75) is 29.7 Å². The summed E-state index contributed by atoms with van der Waals surface area (Å²) in [5.41, 5.74) is 2.42. The number of carbonyl (C=O) groups excluding carboxylic acids is 1. The third-order valence-corrected chi connectivity index (χ3v) is 6.38. The monoisotopic (exact) mass is 443 g/mol. The second-order valence-corrected chi connectivity index (χ2v) is 8.44. The maximum absolute atomic E-state index is 13.1. The van der Waals surface area contributed by atoms with Crippen molar-refractivity contribution in [3.05, 3.63) is 84.3 Å². The first kappa shape index (κ1) is 20.3.